The summed E-state index contributed by atoms with van der Waals surface area (Å²) in [7, 11) is -3.57. The molecule has 98 valence electrons. The Hall–Kier alpha value is -0.210. The molecule has 0 saturated heterocycles. The van der Waals surface area contributed by atoms with E-state index in [1.54, 1.807) is 0 Å². The van der Waals surface area contributed by atoms with Crippen LogP contribution in [-0.4, -0.2) is 56.8 Å². The predicted octanol–water partition coefficient (Wildman–Crippen LogP) is -0.926. The molecule has 0 unspecified atom stereocenters. The first-order chi connectivity index (χ1) is 7.37. The minimum Gasteiger partial charge on any atom is -0.389 e. The van der Waals surface area contributed by atoms with E-state index in [0.29, 0.717) is 0 Å². The number of nitrogens with one attached hydrogen (secondary N) is 1. The number of unbranched alkanes of at least 4 members (excludes halogenated alkanes) is 1. The number of hydrogen-bond donors (Lipinski definition) is 3. The van der Waals surface area contributed by atoms with Crippen molar-refractivity contribution in [1.82, 2.24) is 5.32 Å². The van der Waals surface area contributed by atoms with Crippen LogP contribution >= 0.6 is 0 Å². The summed E-state index contributed by atoms with van der Waals surface area (Å²) >= 11 is 0. The summed E-state index contributed by atoms with van der Waals surface area (Å²) in [5, 5.41) is 21.7. The van der Waals surface area contributed by atoms with Gasteiger partial charge in [0.05, 0.1) is 19.0 Å². The molecule has 0 rings (SSSR count). The van der Waals surface area contributed by atoms with Crippen molar-refractivity contribution < 1.29 is 22.8 Å². The second kappa shape index (κ2) is 7.97. The van der Waals surface area contributed by atoms with Gasteiger partial charge in [-0.15, -0.1) is 0 Å². The standard InChI is InChI=1S/C9H21NO5S/c1-3-4-5-10-6-8(11)9(12)7-15-16(2,13)14/h8-12H,3-7H2,1-2H3/t8-,9+/m1/s1. The van der Waals surface area contributed by atoms with E-state index >= 15 is 0 Å². The molecule has 0 saturated carbocycles. The molecule has 0 aliphatic carbocycles. The minimum atomic E-state index is -3.57. The number of aliphatic hydroxyl groups excluding tert-OH is 2. The summed E-state index contributed by atoms with van der Waals surface area (Å²) in [6.07, 6.45) is 0.694. The van der Waals surface area contributed by atoms with Crippen LogP contribution in [0, 0.1) is 0 Å². The van der Waals surface area contributed by atoms with Gasteiger partial charge in [-0.3, -0.25) is 4.18 Å². The van der Waals surface area contributed by atoms with Crippen molar-refractivity contribution in [2.45, 2.75) is 32.0 Å². The fraction of sp³-hybridized carbons (Fsp3) is 1.00. The van der Waals surface area contributed by atoms with Gasteiger partial charge in [0.15, 0.2) is 0 Å². The van der Waals surface area contributed by atoms with Crippen molar-refractivity contribution in [2.75, 3.05) is 26.0 Å². The zero-order valence-corrected chi connectivity index (χ0v) is 10.5. The summed E-state index contributed by atoms with van der Waals surface area (Å²) in [6, 6.07) is 0. The van der Waals surface area contributed by atoms with Gasteiger partial charge in [-0.05, 0) is 13.0 Å². The molecule has 0 radical (unpaired) electrons. The maximum absolute atomic E-state index is 10.6. The largest absolute Gasteiger partial charge is 0.389 e. The molecule has 0 amide bonds. The molecule has 0 aliphatic heterocycles. The second-order valence-corrected chi connectivity index (χ2v) is 5.32. The van der Waals surface area contributed by atoms with Crippen LogP contribution in [0.15, 0.2) is 0 Å². The average Bonchev–Trinajstić information content (AvgIpc) is 2.19. The van der Waals surface area contributed by atoms with E-state index in [-0.39, 0.29) is 6.54 Å². The van der Waals surface area contributed by atoms with Gasteiger partial charge in [0.1, 0.15) is 6.10 Å². The van der Waals surface area contributed by atoms with E-state index < -0.39 is 28.9 Å². The van der Waals surface area contributed by atoms with Crippen LogP contribution in [-0.2, 0) is 14.3 Å². The van der Waals surface area contributed by atoms with E-state index in [9.17, 15) is 18.6 Å². The normalized spacial score (nSPS) is 16.0. The Kier molecular flexibility index (Phi) is 7.86. The smallest absolute Gasteiger partial charge is 0.264 e. The lowest BCUT2D eigenvalue weighted by molar-refractivity contribution is -0.00506. The van der Waals surface area contributed by atoms with Gasteiger partial charge >= 0.3 is 0 Å². The van der Waals surface area contributed by atoms with Crippen LogP contribution in [0.25, 0.3) is 0 Å². The highest BCUT2D eigenvalue weighted by Crippen LogP contribution is 1.97. The molecule has 3 N–H and O–H groups in total. The van der Waals surface area contributed by atoms with Gasteiger partial charge in [-0.1, -0.05) is 13.3 Å². The average molecular weight is 255 g/mol. The highest BCUT2D eigenvalue weighted by Gasteiger charge is 2.18. The lowest BCUT2D eigenvalue weighted by atomic mass is 10.2. The Bertz CT molecular complexity index is 267. The van der Waals surface area contributed by atoms with Gasteiger partial charge in [-0.2, -0.15) is 8.42 Å². The zero-order chi connectivity index (χ0) is 12.6. The SMILES string of the molecule is CCCCNC[C@@H](O)[C@@H](O)COS(C)(=O)=O. The van der Waals surface area contributed by atoms with E-state index in [2.05, 4.69) is 9.50 Å². The Morgan fingerprint density at radius 3 is 2.44 bits per heavy atom. The molecule has 0 fully saturated rings. The molecule has 0 aromatic carbocycles. The molecule has 0 aromatic heterocycles. The molecule has 0 bridgehead atoms. The van der Waals surface area contributed by atoms with E-state index in [1.165, 1.54) is 0 Å². The van der Waals surface area contributed by atoms with Crippen molar-refractivity contribution in [3.8, 4) is 0 Å². The fourth-order valence-corrected chi connectivity index (χ4v) is 1.38. The predicted molar refractivity (Wildman–Crippen MR) is 60.6 cm³/mol. The van der Waals surface area contributed by atoms with Crippen molar-refractivity contribution in [1.29, 1.82) is 0 Å². The number of aliphatic hydroxyl groups is 2. The van der Waals surface area contributed by atoms with Crippen LogP contribution in [0.5, 0.6) is 0 Å². The van der Waals surface area contributed by atoms with Gasteiger partial charge in [0, 0.05) is 6.54 Å². The fourth-order valence-electron chi connectivity index (χ4n) is 0.992. The number of rotatable bonds is 9. The van der Waals surface area contributed by atoms with Crippen molar-refractivity contribution in [3.05, 3.63) is 0 Å². The van der Waals surface area contributed by atoms with Crippen LogP contribution in [0.2, 0.25) is 0 Å². The third kappa shape index (κ3) is 9.05. The molecule has 0 heterocycles. The molecule has 6 nitrogen and oxygen atoms in total. The summed E-state index contributed by atoms with van der Waals surface area (Å²) in [6.45, 7) is 2.60. The maximum atomic E-state index is 10.6. The lowest BCUT2D eigenvalue weighted by Gasteiger charge is -2.17. The molecule has 16 heavy (non-hydrogen) atoms. The molecule has 7 heteroatoms. The summed E-state index contributed by atoms with van der Waals surface area (Å²) in [4.78, 5) is 0. The summed E-state index contributed by atoms with van der Waals surface area (Å²) in [5.41, 5.74) is 0. The lowest BCUT2D eigenvalue weighted by Crippen LogP contribution is -2.39. The third-order valence-electron chi connectivity index (χ3n) is 1.96. The van der Waals surface area contributed by atoms with Crippen molar-refractivity contribution in [3.63, 3.8) is 0 Å². The maximum Gasteiger partial charge on any atom is 0.264 e. The molecule has 2 atom stereocenters. The molecule has 0 aromatic rings. The van der Waals surface area contributed by atoms with Crippen molar-refractivity contribution >= 4 is 10.1 Å². The first-order valence-corrected chi connectivity index (χ1v) is 7.09. The van der Waals surface area contributed by atoms with Crippen LogP contribution in [0.4, 0.5) is 0 Å². The molecular weight excluding hydrogens is 234 g/mol. The number of hydrogen-bond acceptors (Lipinski definition) is 6. The Morgan fingerprint density at radius 1 is 1.31 bits per heavy atom. The third-order valence-corrected chi connectivity index (χ3v) is 2.52. The second-order valence-electron chi connectivity index (χ2n) is 3.68. The molecular formula is C9H21NO5S. The van der Waals surface area contributed by atoms with E-state index in [0.717, 1.165) is 25.6 Å². The highest BCUT2D eigenvalue weighted by molar-refractivity contribution is 7.85. The minimum absolute atomic E-state index is 0.217. The monoisotopic (exact) mass is 255 g/mol. The topological polar surface area (TPSA) is 95.9 Å². The van der Waals surface area contributed by atoms with E-state index in [1.807, 2.05) is 6.92 Å². The van der Waals surface area contributed by atoms with Crippen molar-refractivity contribution in [2.24, 2.45) is 0 Å². The summed E-state index contributed by atoms with van der Waals surface area (Å²) < 4.78 is 25.6. The van der Waals surface area contributed by atoms with Crippen LogP contribution in [0.1, 0.15) is 19.8 Å². The van der Waals surface area contributed by atoms with Gasteiger partial charge in [0.2, 0.25) is 0 Å². The first-order valence-electron chi connectivity index (χ1n) is 5.28. The highest BCUT2D eigenvalue weighted by atomic mass is 32.2. The molecule has 0 spiro atoms. The zero-order valence-electron chi connectivity index (χ0n) is 9.72. The van der Waals surface area contributed by atoms with Crippen LogP contribution in [0.3, 0.4) is 0 Å². The van der Waals surface area contributed by atoms with Gasteiger partial charge in [-0.25, -0.2) is 0 Å². The molecule has 0 aliphatic rings. The summed E-state index contributed by atoms with van der Waals surface area (Å²) in [5.74, 6) is 0. The van der Waals surface area contributed by atoms with Crippen LogP contribution < -0.4 is 5.32 Å². The Labute approximate surface area is 96.7 Å². The Morgan fingerprint density at radius 2 is 1.94 bits per heavy atom. The quantitative estimate of drug-likeness (QED) is 0.364. The van der Waals surface area contributed by atoms with E-state index in [4.69, 9.17) is 0 Å². The Balaban J connectivity index is 3.69. The van der Waals surface area contributed by atoms with Gasteiger partial charge in [0.25, 0.3) is 10.1 Å². The van der Waals surface area contributed by atoms with Gasteiger partial charge < -0.3 is 15.5 Å². The first kappa shape index (κ1) is 15.8.